The normalized spacial score (nSPS) is 11.0. The van der Waals surface area contributed by atoms with E-state index < -0.39 is 10.0 Å². The second-order valence-electron chi connectivity index (χ2n) is 5.15. The van der Waals surface area contributed by atoms with Crippen LogP contribution in [0, 0.1) is 0 Å². The molecule has 0 atom stereocenters. The van der Waals surface area contributed by atoms with E-state index in [-0.39, 0.29) is 22.1 Å². The number of nitrogens with zero attached hydrogens (tertiary/aromatic N) is 1. The molecule has 0 aliphatic rings. The van der Waals surface area contributed by atoms with Gasteiger partial charge in [-0.1, -0.05) is 12.1 Å². The molecule has 0 heterocycles. The summed E-state index contributed by atoms with van der Waals surface area (Å²) < 4.78 is 33.3. The lowest BCUT2D eigenvalue weighted by Gasteiger charge is -2.15. The lowest BCUT2D eigenvalue weighted by molar-refractivity contribution is 0.0828. The third-order valence-electron chi connectivity index (χ3n) is 3.24. The van der Waals surface area contributed by atoms with Gasteiger partial charge in [-0.25, -0.2) is 8.42 Å². The van der Waals surface area contributed by atoms with E-state index in [4.69, 9.17) is 4.74 Å². The minimum absolute atomic E-state index is 0.0577. The third kappa shape index (κ3) is 3.88. The van der Waals surface area contributed by atoms with Crippen molar-refractivity contribution in [3.63, 3.8) is 0 Å². The third-order valence-corrected chi connectivity index (χ3v) is 5.22. The summed E-state index contributed by atoms with van der Waals surface area (Å²) in [4.78, 5) is 13.6. The molecule has 0 unspecified atom stereocenters. The fourth-order valence-electron chi connectivity index (χ4n) is 2.02. The van der Waals surface area contributed by atoms with E-state index in [2.05, 4.69) is 20.7 Å². The van der Waals surface area contributed by atoms with Crippen LogP contribution < -0.4 is 9.46 Å². The Labute approximate surface area is 149 Å². The van der Waals surface area contributed by atoms with Gasteiger partial charge in [0.15, 0.2) is 0 Å². The number of sulfonamides is 1. The van der Waals surface area contributed by atoms with E-state index in [1.165, 1.54) is 24.1 Å². The molecule has 0 radical (unpaired) electrons. The van der Waals surface area contributed by atoms with Crippen molar-refractivity contribution in [1.29, 1.82) is 0 Å². The largest absolute Gasteiger partial charge is 0.496 e. The summed E-state index contributed by atoms with van der Waals surface area (Å²) >= 11 is 3.26. The van der Waals surface area contributed by atoms with E-state index in [0.29, 0.717) is 10.2 Å². The van der Waals surface area contributed by atoms with Crippen molar-refractivity contribution >= 4 is 37.5 Å². The van der Waals surface area contributed by atoms with Crippen LogP contribution in [0.5, 0.6) is 5.75 Å². The Hall–Kier alpha value is -2.06. The van der Waals surface area contributed by atoms with E-state index >= 15 is 0 Å². The van der Waals surface area contributed by atoms with E-state index in [1.807, 2.05) is 0 Å². The van der Waals surface area contributed by atoms with Crippen molar-refractivity contribution in [2.24, 2.45) is 0 Å². The van der Waals surface area contributed by atoms with Gasteiger partial charge in [0.05, 0.1) is 27.7 Å². The average Bonchev–Trinajstić information content (AvgIpc) is 2.54. The summed E-state index contributed by atoms with van der Waals surface area (Å²) in [7, 11) is 0.858. The van der Waals surface area contributed by atoms with Crippen molar-refractivity contribution in [3.05, 3.63) is 52.5 Å². The zero-order valence-electron chi connectivity index (χ0n) is 13.4. The highest BCUT2D eigenvalue weighted by molar-refractivity contribution is 9.10. The Morgan fingerprint density at radius 1 is 1.17 bits per heavy atom. The van der Waals surface area contributed by atoms with Gasteiger partial charge in [0, 0.05) is 14.1 Å². The molecule has 0 saturated carbocycles. The van der Waals surface area contributed by atoms with Crippen LogP contribution in [-0.2, 0) is 10.0 Å². The van der Waals surface area contributed by atoms with Crippen molar-refractivity contribution in [3.8, 4) is 5.75 Å². The molecule has 6 nitrogen and oxygen atoms in total. The molecule has 0 aliphatic heterocycles. The van der Waals surface area contributed by atoms with Gasteiger partial charge >= 0.3 is 0 Å². The highest BCUT2D eigenvalue weighted by Gasteiger charge is 2.20. The van der Waals surface area contributed by atoms with Crippen LogP contribution in [0.3, 0.4) is 0 Å². The van der Waals surface area contributed by atoms with Gasteiger partial charge in [-0.2, -0.15) is 0 Å². The van der Waals surface area contributed by atoms with Crippen LogP contribution in [0.15, 0.2) is 51.8 Å². The fraction of sp³-hybridized carbons (Fsp3) is 0.188. The summed E-state index contributed by atoms with van der Waals surface area (Å²) in [6, 6.07) is 10.9. The predicted octanol–water partition coefficient (Wildman–Crippen LogP) is 2.96. The topological polar surface area (TPSA) is 75.7 Å². The number of halogens is 1. The average molecular weight is 413 g/mol. The zero-order valence-corrected chi connectivity index (χ0v) is 15.8. The highest BCUT2D eigenvalue weighted by atomic mass is 79.9. The first kappa shape index (κ1) is 18.3. The number of para-hydroxylation sites is 1. The van der Waals surface area contributed by atoms with E-state index in [1.54, 1.807) is 44.4 Å². The SMILES string of the molecule is COc1ccc(S(=O)(=O)Nc2ccccc2C(=O)N(C)C)cc1Br. The zero-order chi connectivity index (χ0) is 17.9. The number of ether oxygens (including phenoxy) is 1. The number of rotatable bonds is 5. The second kappa shape index (κ2) is 7.23. The molecule has 0 bridgehead atoms. The lowest BCUT2D eigenvalue weighted by Crippen LogP contribution is -2.24. The van der Waals surface area contributed by atoms with Gasteiger partial charge in [-0.15, -0.1) is 0 Å². The van der Waals surface area contributed by atoms with Crippen molar-refractivity contribution in [1.82, 2.24) is 4.90 Å². The molecule has 1 N–H and O–H groups in total. The maximum absolute atomic E-state index is 12.6. The Bertz CT molecular complexity index is 866. The molecule has 2 rings (SSSR count). The van der Waals surface area contributed by atoms with Gasteiger partial charge in [-0.05, 0) is 46.3 Å². The lowest BCUT2D eigenvalue weighted by atomic mass is 10.1. The minimum Gasteiger partial charge on any atom is -0.496 e. The number of hydrogen-bond donors (Lipinski definition) is 1. The molecule has 0 fully saturated rings. The van der Waals surface area contributed by atoms with Crippen LogP contribution in [-0.4, -0.2) is 40.4 Å². The number of methoxy groups -OCH3 is 1. The molecule has 2 aromatic rings. The van der Waals surface area contributed by atoms with Crippen molar-refractivity contribution in [2.45, 2.75) is 4.90 Å². The molecular weight excluding hydrogens is 396 g/mol. The summed E-state index contributed by atoms with van der Waals surface area (Å²) in [5.74, 6) is 0.237. The van der Waals surface area contributed by atoms with Crippen LogP contribution in [0.2, 0.25) is 0 Å². The van der Waals surface area contributed by atoms with E-state index in [9.17, 15) is 13.2 Å². The number of amides is 1. The first-order valence-corrected chi connectivity index (χ1v) is 9.21. The number of carbonyl (C=O) groups excluding carboxylic acids is 1. The highest BCUT2D eigenvalue weighted by Crippen LogP contribution is 2.29. The van der Waals surface area contributed by atoms with Gasteiger partial charge in [0.25, 0.3) is 15.9 Å². The summed E-state index contributed by atoms with van der Waals surface area (Å²) in [5.41, 5.74) is 0.502. The van der Waals surface area contributed by atoms with Gasteiger partial charge < -0.3 is 9.64 Å². The molecule has 1 amide bonds. The van der Waals surface area contributed by atoms with Crippen LogP contribution >= 0.6 is 15.9 Å². The number of nitrogens with one attached hydrogen (secondary N) is 1. The van der Waals surface area contributed by atoms with Crippen molar-refractivity contribution in [2.75, 3.05) is 25.9 Å². The Kier molecular flexibility index (Phi) is 5.51. The smallest absolute Gasteiger partial charge is 0.261 e. The molecule has 0 aromatic heterocycles. The number of anilines is 1. The van der Waals surface area contributed by atoms with E-state index in [0.717, 1.165) is 0 Å². The molecule has 8 heteroatoms. The monoisotopic (exact) mass is 412 g/mol. The molecule has 128 valence electrons. The summed E-state index contributed by atoms with van der Waals surface area (Å²) in [6.07, 6.45) is 0. The Morgan fingerprint density at radius 2 is 1.83 bits per heavy atom. The maximum atomic E-state index is 12.6. The summed E-state index contributed by atoms with van der Waals surface area (Å²) in [6.45, 7) is 0. The fourth-order valence-corrected chi connectivity index (χ4v) is 3.82. The summed E-state index contributed by atoms with van der Waals surface area (Å²) in [5, 5.41) is 0. The number of carbonyl (C=O) groups is 1. The maximum Gasteiger partial charge on any atom is 0.261 e. The molecular formula is C16H17BrN2O4S. The van der Waals surface area contributed by atoms with Crippen molar-refractivity contribution < 1.29 is 17.9 Å². The molecule has 0 saturated heterocycles. The van der Waals surface area contributed by atoms with Crippen LogP contribution in [0.4, 0.5) is 5.69 Å². The molecule has 2 aromatic carbocycles. The molecule has 0 spiro atoms. The Balaban J connectivity index is 2.40. The molecule has 24 heavy (non-hydrogen) atoms. The number of benzene rings is 2. The standard InChI is InChI=1S/C16H17BrN2O4S/c1-19(2)16(20)12-6-4-5-7-14(12)18-24(21,22)11-8-9-15(23-3)13(17)10-11/h4-10,18H,1-3H3. The van der Waals surface area contributed by atoms with Gasteiger partial charge in [0.1, 0.15) is 5.75 Å². The first-order valence-electron chi connectivity index (χ1n) is 6.93. The minimum atomic E-state index is -3.85. The van der Waals surface area contributed by atoms with Crippen LogP contribution in [0.1, 0.15) is 10.4 Å². The predicted molar refractivity (Wildman–Crippen MR) is 96.0 cm³/mol. The number of hydrogen-bond acceptors (Lipinski definition) is 4. The van der Waals surface area contributed by atoms with Gasteiger partial charge in [-0.3, -0.25) is 9.52 Å². The quantitative estimate of drug-likeness (QED) is 0.818. The molecule has 0 aliphatic carbocycles. The second-order valence-corrected chi connectivity index (χ2v) is 7.68. The van der Waals surface area contributed by atoms with Crippen LogP contribution in [0.25, 0.3) is 0 Å². The Morgan fingerprint density at radius 3 is 2.42 bits per heavy atom. The first-order chi connectivity index (χ1) is 11.3. The van der Waals surface area contributed by atoms with Gasteiger partial charge in [0.2, 0.25) is 0 Å².